The SMILES string of the molecule is COC(=O)c1nccc(NC2CCC(C)(C)CC2)n1. The second kappa shape index (κ2) is 5.55. The maximum absolute atomic E-state index is 11.4. The molecule has 0 spiro atoms. The molecule has 0 amide bonds. The van der Waals surface area contributed by atoms with Gasteiger partial charge in [0.05, 0.1) is 7.11 Å². The van der Waals surface area contributed by atoms with Gasteiger partial charge in [0, 0.05) is 12.2 Å². The topological polar surface area (TPSA) is 64.1 Å². The van der Waals surface area contributed by atoms with Crippen molar-refractivity contribution in [3.8, 4) is 0 Å². The average molecular weight is 263 g/mol. The number of anilines is 1. The van der Waals surface area contributed by atoms with Gasteiger partial charge in [0.2, 0.25) is 5.82 Å². The molecule has 1 aromatic rings. The summed E-state index contributed by atoms with van der Waals surface area (Å²) in [5.74, 6) is 0.289. The minimum atomic E-state index is -0.506. The zero-order chi connectivity index (χ0) is 13.9. The van der Waals surface area contributed by atoms with Crippen molar-refractivity contribution in [1.29, 1.82) is 0 Å². The predicted molar refractivity (Wildman–Crippen MR) is 73.0 cm³/mol. The third-order valence-electron chi connectivity index (χ3n) is 3.71. The third-order valence-corrected chi connectivity index (χ3v) is 3.71. The number of carbonyl (C=O) groups is 1. The normalized spacial score (nSPS) is 18.9. The van der Waals surface area contributed by atoms with Gasteiger partial charge in [-0.2, -0.15) is 0 Å². The molecule has 0 unspecified atom stereocenters. The monoisotopic (exact) mass is 263 g/mol. The minimum Gasteiger partial charge on any atom is -0.463 e. The number of esters is 1. The van der Waals surface area contributed by atoms with Crippen LogP contribution in [0.3, 0.4) is 0 Å². The highest BCUT2D eigenvalue weighted by Crippen LogP contribution is 2.35. The molecule has 19 heavy (non-hydrogen) atoms. The van der Waals surface area contributed by atoms with Crippen LogP contribution in [0.1, 0.15) is 50.1 Å². The molecule has 1 aromatic heterocycles. The molecule has 0 aromatic carbocycles. The number of nitrogens with zero attached hydrogens (tertiary/aromatic N) is 2. The van der Waals surface area contributed by atoms with Crippen LogP contribution in [-0.2, 0) is 4.74 Å². The van der Waals surface area contributed by atoms with Crippen LogP contribution in [0.25, 0.3) is 0 Å². The fourth-order valence-corrected chi connectivity index (χ4v) is 2.38. The largest absolute Gasteiger partial charge is 0.463 e. The Labute approximate surface area is 113 Å². The Balaban J connectivity index is 1.98. The van der Waals surface area contributed by atoms with Crippen LogP contribution >= 0.6 is 0 Å². The van der Waals surface area contributed by atoms with Crippen molar-refractivity contribution in [1.82, 2.24) is 9.97 Å². The van der Waals surface area contributed by atoms with E-state index in [-0.39, 0.29) is 5.82 Å². The summed E-state index contributed by atoms with van der Waals surface area (Å²) in [6, 6.07) is 2.21. The first-order valence-corrected chi connectivity index (χ1v) is 6.68. The molecule has 0 saturated heterocycles. The van der Waals surface area contributed by atoms with Crippen molar-refractivity contribution in [2.24, 2.45) is 5.41 Å². The predicted octanol–water partition coefficient (Wildman–Crippen LogP) is 2.64. The van der Waals surface area contributed by atoms with E-state index < -0.39 is 5.97 Å². The van der Waals surface area contributed by atoms with Crippen LogP contribution in [0.4, 0.5) is 5.82 Å². The number of ether oxygens (including phenoxy) is 1. The number of rotatable bonds is 3. The van der Waals surface area contributed by atoms with E-state index in [1.807, 2.05) is 0 Å². The molecule has 2 rings (SSSR count). The van der Waals surface area contributed by atoms with Crippen molar-refractivity contribution < 1.29 is 9.53 Å². The molecule has 0 radical (unpaired) electrons. The Morgan fingerprint density at radius 1 is 1.42 bits per heavy atom. The Bertz CT molecular complexity index is 450. The summed E-state index contributed by atoms with van der Waals surface area (Å²) in [5, 5.41) is 3.38. The van der Waals surface area contributed by atoms with E-state index in [0.717, 1.165) is 12.8 Å². The van der Waals surface area contributed by atoms with Crippen molar-refractivity contribution in [2.45, 2.75) is 45.6 Å². The summed E-state index contributed by atoms with van der Waals surface area (Å²) in [4.78, 5) is 19.4. The second-order valence-electron chi connectivity index (χ2n) is 5.84. The second-order valence-corrected chi connectivity index (χ2v) is 5.84. The van der Waals surface area contributed by atoms with Crippen LogP contribution < -0.4 is 5.32 Å². The third kappa shape index (κ3) is 3.66. The van der Waals surface area contributed by atoms with E-state index in [1.54, 1.807) is 12.3 Å². The molecule has 0 atom stereocenters. The first-order chi connectivity index (χ1) is 9.00. The maximum Gasteiger partial charge on any atom is 0.376 e. The van der Waals surface area contributed by atoms with Crippen LogP contribution in [0, 0.1) is 5.41 Å². The molecule has 5 heteroatoms. The lowest BCUT2D eigenvalue weighted by Crippen LogP contribution is -2.30. The lowest BCUT2D eigenvalue weighted by Gasteiger charge is -2.34. The van der Waals surface area contributed by atoms with Crippen molar-refractivity contribution in [3.63, 3.8) is 0 Å². The lowest BCUT2D eigenvalue weighted by atomic mass is 9.75. The van der Waals surface area contributed by atoms with Crippen LogP contribution in [0.2, 0.25) is 0 Å². The lowest BCUT2D eigenvalue weighted by molar-refractivity contribution is 0.0587. The number of nitrogens with one attached hydrogen (secondary N) is 1. The summed E-state index contributed by atoms with van der Waals surface area (Å²) in [6.07, 6.45) is 6.25. The van der Waals surface area contributed by atoms with Crippen molar-refractivity contribution in [3.05, 3.63) is 18.1 Å². The minimum absolute atomic E-state index is 0.101. The standard InChI is InChI=1S/C14H21N3O2/c1-14(2)7-4-10(5-8-14)16-11-6-9-15-12(17-11)13(18)19-3/h6,9-10H,4-5,7-8H2,1-3H3,(H,15,16,17). The molecule has 1 aliphatic carbocycles. The summed E-state index contributed by atoms with van der Waals surface area (Å²) >= 11 is 0. The van der Waals surface area contributed by atoms with Gasteiger partial charge in [0.25, 0.3) is 0 Å². The zero-order valence-corrected chi connectivity index (χ0v) is 11.8. The Hall–Kier alpha value is -1.65. The molecular formula is C14H21N3O2. The molecule has 1 aliphatic rings. The molecule has 5 nitrogen and oxygen atoms in total. The first-order valence-electron chi connectivity index (χ1n) is 6.68. The molecule has 0 aliphatic heterocycles. The smallest absolute Gasteiger partial charge is 0.376 e. The van der Waals surface area contributed by atoms with Gasteiger partial charge < -0.3 is 10.1 Å². The molecule has 104 valence electrons. The molecule has 1 saturated carbocycles. The molecule has 1 heterocycles. The number of hydrogen-bond donors (Lipinski definition) is 1. The Kier molecular flexibility index (Phi) is 4.02. The van der Waals surface area contributed by atoms with Crippen molar-refractivity contribution in [2.75, 3.05) is 12.4 Å². The summed E-state index contributed by atoms with van der Waals surface area (Å²) in [7, 11) is 1.33. The van der Waals surface area contributed by atoms with Gasteiger partial charge in [-0.05, 0) is 37.2 Å². The maximum atomic E-state index is 11.4. The van der Waals surface area contributed by atoms with Gasteiger partial charge in [-0.1, -0.05) is 13.8 Å². The highest BCUT2D eigenvalue weighted by Gasteiger charge is 2.26. The van der Waals surface area contributed by atoms with Gasteiger partial charge in [-0.3, -0.25) is 0 Å². The first kappa shape index (κ1) is 13.8. The Morgan fingerprint density at radius 3 is 2.74 bits per heavy atom. The van der Waals surface area contributed by atoms with Crippen molar-refractivity contribution >= 4 is 11.8 Å². The van der Waals surface area contributed by atoms with Gasteiger partial charge >= 0.3 is 5.97 Å². The van der Waals surface area contributed by atoms with Gasteiger partial charge in [0.1, 0.15) is 5.82 Å². The summed E-state index contributed by atoms with van der Waals surface area (Å²) in [5.41, 5.74) is 0.445. The highest BCUT2D eigenvalue weighted by molar-refractivity contribution is 5.85. The van der Waals surface area contributed by atoms with E-state index in [1.165, 1.54) is 20.0 Å². The van der Waals surface area contributed by atoms with Gasteiger partial charge in [-0.15, -0.1) is 0 Å². The molecule has 1 N–H and O–H groups in total. The number of methoxy groups -OCH3 is 1. The fraction of sp³-hybridized carbons (Fsp3) is 0.643. The number of hydrogen-bond acceptors (Lipinski definition) is 5. The number of aromatic nitrogens is 2. The van der Waals surface area contributed by atoms with Crippen LogP contribution in [0.15, 0.2) is 12.3 Å². The summed E-state index contributed by atoms with van der Waals surface area (Å²) in [6.45, 7) is 4.62. The molecular weight excluding hydrogens is 242 g/mol. The van der Waals surface area contributed by atoms with E-state index in [0.29, 0.717) is 17.3 Å². The fourth-order valence-electron chi connectivity index (χ4n) is 2.38. The van der Waals surface area contributed by atoms with Gasteiger partial charge in [0.15, 0.2) is 0 Å². The molecule has 1 fully saturated rings. The van der Waals surface area contributed by atoms with E-state index in [2.05, 4.69) is 33.9 Å². The van der Waals surface area contributed by atoms with Crippen LogP contribution in [-0.4, -0.2) is 29.1 Å². The Morgan fingerprint density at radius 2 is 2.11 bits per heavy atom. The number of carbonyl (C=O) groups excluding carboxylic acids is 1. The molecule has 0 bridgehead atoms. The van der Waals surface area contributed by atoms with Gasteiger partial charge in [-0.25, -0.2) is 14.8 Å². The van der Waals surface area contributed by atoms with E-state index in [4.69, 9.17) is 0 Å². The van der Waals surface area contributed by atoms with Crippen LogP contribution in [0.5, 0.6) is 0 Å². The highest BCUT2D eigenvalue weighted by atomic mass is 16.5. The quantitative estimate of drug-likeness (QED) is 0.849. The summed E-state index contributed by atoms with van der Waals surface area (Å²) < 4.78 is 4.62. The zero-order valence-electron chi connectivity index (χ0n) is 11.8. The van der Waals surface area contributed by atoms with E-state index >= 15 is 0 Å². The average Bonchev–Trinajstić information content (AvgIpc) is 2.41. The van der Waals surface area contributed by atoms with E-state index in [9.17, 15) is 4.79 Å².